The van der Waals surface area contributed by atoms with E-state index in [9.17, 15) is 4.79 Å². The third-order valence-electron chi connectivity index (χ3n) is 5.66. The number of nitrogens with zero attached hydrogens (tertiary/aromatic N) is 2. The largest absolute Gasteiger partial charge is 0.484 e. The Bertz CT molecular complexity index is 1520. The van der Waals surface area contributed by atoms with Crippen LogP contribution in [-0.2, 0) is 11.2 Å². The van der Waals surface area contributed by atoms with Crippen molar-refractivity contribution < 1.29 is 9.53 Å². The van der Waals surface area contributed by atoms with Gasteiger partial charge in [-0.3, -0.25) is 9.89 Å². The summed E-state index contributed by atoms with van der Waals surface area (Å²) in [5.74, 6) is 1.16. The molecule has 0 bridgehead atoms. The number of aromatic nitrogens is 4. The number of carbonyl (C=O) groups is 1. The van der Waals surface area contributed by atoms with Crippen LogP contribution in [-0.4, -0.2) is 32.7 Å². The number of nitrogens with two attached hydrogens (primary N) is 1. The predicted molar refractivity (Wildman–Crippen MR) is 141 cm³/mol. The average Bonchev–Trinajstić information content (AvgIpc) is 3.45. The molecule has 3 aromatic carbocycles. The van der Waals surface area contributed by atoms with E-state index in [0.29, 0.717) is 39.7 Å². The van der Waals surface area contributed by atoms with Gasteiger partial charge >= 0.3 is 0 Å². The van der Waals surface area contributed by atoms with Crippen LogP contribution in [0.15, 0.2) is 72.8 Å². The standard InChI is InChI=1S/C26H22Cl2N6O2/c27-17-7-4-8-18(13-17)36-14-22(35)30-21(11-15-5-2-1-3-6-15)26-31-23(24(28)32-26)16-9-10-19-20(12-16)33-34-25(19)29/h1-10,12-13,21H,11,14H2,(H,30,35)(H,31,32)(H3,29,33,34). The van der Waals surface area contributed by atoms with Crippen molar-refractivity contribution in [3.05, 3.63) is 94.4 Å². The summed E-state index contributed by atoms with van der Waals surface area (Å²) in [6.07, 6.45) is 0.503. The van der Waals surface area contributed by atoms with Gasteiger partial charge in [0.25, 0.3) is 5.91 Å². The second-order valence-corrected chi connectivity index (χ2v) is 9.02. The van der Waals surface area contributed by atoms with Crippen LogP contribution in [0.1, 0.15) is 17.4 Å². The number of carbonyl (C=O) groups excluding carboxylic acids is 1. The Morgan fingerprint density at radius 2 is 1.89 bits per heavy atom. The predicted octanol–water partition coefficient (Wildman–Crippen LogP) is 5.32. The number of halogens is 2. The van der Waals surface area contributed by atoms with E-state index in [0.717, 1.165) is 22.0 Å². The first-order valence-electron chi connectivity index (χ1n) is 11.2. The van der Waals surface area contributed by atoms with Gasteiger partial charge in [0.05, 0.1) is 11.6 Å². The van der Waals surface area contributed by atoms with Gasteiger partial charge in [-0.2, -0.15) is 5.10 Å². The molecule has 0 radical (unpaired) electrons. The molecule has 0 aliphatic rings. The van der Waals surface area contributed by atoms with E-state index in [1.54, 1.807) is 24.3 Å². The van der Waals surface area contributed by atoms with Crippen LogP contribution in [0.5, 0.6) is 5.75 Å². The van der Waals surface area contributed by atoms with Gasteiger partial charge < -0.3 is 20.8 Å². The van der Waals surface area contributed by atoms with Gasteiger partial charge in [0, 0.05) is 16.0 Å². The van der Waals surface area contributed by atoms with E-state index in [4.69, 9.17) is 38.7 Å². The maximum Gasteiger partial charge on any atom is 0.258 e. The number of imidazole rings is 1. The molecular formula is C26H22Cl2N6O2. The highest BCUT2D eigenvalue weighted by molar-refractivity contribution is 6.32. The molecule has 0 saturated carbocycles. The molecule has 5 aromatic rings. The summed E-state index contributed by atoms with van der Waals surface area (Å²) < 4.78 is 5.60. The zero-order valence-electron chi connectivity index (χ0n) is 19.0. The minimum atomic E-state index is -0.472. The Morgan fingerprint density at radius 3 is 2.69 bits per heavy atom. The number of aromatic amines is 2. The SMILES string of the molecule is Nc1n[nH]c2cc(-c3nc(C(Cc4ccccc4)NC(=O)COc4cccc(Cl)c4)[nH]c3Cl)ccc12. The van der Waals surface area contributed by atoms with Crippen LogP contribution >= 0.6 is 23.2 Å². The molecule has 8 nitrogen and oxygen atoms in total. The van der Waals surface area contributed by atoms with E-state index in [1.807, 2.05) is 48.5 Å². The number of anilines is 1. The number of nitrogen functional groups attached to an aromatic ring is 1. The summed E-state index contributed by atoms with van der Waals surface area (Å²) in [5.41, 5.74) is 9.03. The third-order valence-corrected chi connectivity index (χ3v) is 6.17. The van der Waals surface area contributed by atoms with Crippen molar-refractivity contribution in [2.24, 2.45) is 0 Å². The number of rotatable bonds is 8. The number of benzene rings is 3. The monoisotopic (exact) mass is 520 g/mol. The van der Waals surface area contributed by atoms with Crippen molar-refractivity contribution in [1.82, 2.24) is 25.5 Å². The second-order valence-electron chi connectivity index (χ2n) is 8.21. The summed E-state index contributed by atoms with van der Waals surface area (Å²) in [4.78, 5) is 20.7. The maximum atomic E-state index is 12.8. The topological polar surface area (TPSA) is 122 Å². The lowest BCUT2D eigenvalue weighted by Crippen LogP contribution is -2.34. The summed E-state index contributed by atoms with van der Waals surface area (Å²) in [6.45, 7) is -0.176. The molecule has 5 N–H and O–H groups in total. The van der Waals surface area contributed by atoms with Gasteiger partial charge in [-0.15, -0.1) is 0 Å². The van der Waals surface area contributed by atoms with Crippen LogP contribution in [0.4, 0.5) is 5.82 Å². The van der Waals surface area contributed by atoms with Crippen molar-refractivity contribution in [3.63, 3.8) is 0 Å². The van der Waals surface area contributed by atoms with Gasteiger partial charge in [0.1, 0.15) is 22.4 Å². The molecule has 0 fully saturated rings. The number of nitrogens with one attached hydrogen (secondary N) is 3. The molecule has 5 rings (SSSR count). The Hall–Kier alpha value is -4.01. The van der Waals surface area contributed by atoms with Crippen LogP contribution in [0, 0.1) is 0 Å². The first-order chi connectivity index (χ1) is 17.5. The molecular weight excluding hydrogens is 499 g/mol. The Kier molecular flexibility index (Phi) is 6.79. The van der Waals surface area contributed by atoms with Crippen molar-refractivity contribution in [2.45, 2.75) is 12.5 Å². The molecule has 182 valence electrons. The summed E-state index contributed by atoms with van der Waals surface area (Å²) in [7, 11) is 0. The Balaban J connectivity index is 1.39. The zero-order chi connectivity index (χ0) is 25.1. The second kappa shape index (κ2) is 10.3. The fraction of sp³-hybridized carbons (Fsp3) is 0.115. The molecule has 0 saturated heterocycles. The lowest BCUT2D eigenvalue weighted by atomic mass is 10.1. The highest BCUT2D eigenvalue weighted by atomic mass is 35.5. The third kappa shape index (κ3) is 5.30. The van der Waals surface area contributed by atoms with E-state index in [2.05, 4.69) is 20.5 Å². The Morgan fingerprint density at radius 1 is 1.06 bits per heavy atom. The fourth-order valence-electron chi connectivity index (χ4n) is 3.92. The van der Waals surface area contributed by atoms with Crippen molar-refractivity contribution in [3.8, 4) is 17.0 Å². The van der Waals surface area contributed by atoms with Crippen LogP contribution < -0.4 is 15.8 Å². The molecule has 36 heavy (non-hydrogen) atoms. The number of hydrogen-bond acceptors (Lipinski definition) is 5. The highest BCUT2D eigenvalue weighted by Gasteiger charge is 2.22. The van der Waals surface area contributed by atoms with Crippen molar-refractivity contribution in [1.29, 1.82) is 0 Å². The highest BCUT2D eigenvalue weighted by Crippen LogP contribution is 2.31. The van der Waals surface area contributed by atoms with Crippen LogP contribution in [0.2, 0.25) is 10.2 Å². The molecule has 2 heterocycles. The van der Waals surface area contributed by atoms with E-state index in [1.165, 1.54) is 0 Å². The molecule has 1 amide bonds. The molecule has 10 heteroatoms. The van der Waals surface area contributed by atoms with Crippen molar-refractivity contribution >= 4 is 45.8 Å². The zero-order valence-corrected chi connectivity index (χ0v) is 20.5. The van der Waals surface area contributed by atoms with Crippen LogP contribution in [0.3, 0.4) is 0 Å². The molecule has 0 spiro atoms. The summed E-state index contributed by atoms with van der Waals surface area (Å²) in [5, 5.41) is 11.7. The van der Waals surface area contributed by atoms with Gasteiger partial charge in [-0.25, -0.2) is 4.98 Å². The number of fused-ring (bicyclic) bond motifs is 1. The number of hydrogen-bond donors (Lipinski definition) is 4. The summed E-state index contributed by atoms with van der Waals surface area (Å²) in [6, 6.07) is 21.9. The van der Waals surface area contributed by atoms with E-state index >= 15 is 0 Å². The van der Waals surface area contributed by atoms with Gasteiger partial charge in [-0.1, -0.05) is 65.7 Å². The summed E-state index contributed by atoms with van der Waals surface area (Å²) >= 11 is 12.6. The lowest BCUT2D eigenvalue weighted by Gasteiger charge is -2.17. The van der Waals surface area contributed by atoms with Gasteiger partial charge in [0.2, 0.25) is 0 Å². The minimum Gasteiger partial charge on any atom is -0.484 e. The first-order valence-corrected chi connectivity index (χ1v) is 11.9. The fourth-order valence-corrected chi connectivity index (χ4v) is 4.35. The smallest absolute Gasteiger partial charge is 0.258 e. The van der Waals surface area contributed by atoms with Crippen LogP contribution in [0.25, 0.3) is 22.2 Å². The van der Waals surface area contributed by atoms with Gasteiger partial charge in [-0.05, 0) is 42.3 Å². The molecule has 1 atom stereocenters. The Labute approximate surface area is 216 Å². The van der Waals surface area contributed by atoms with E-state index < -0.39 is 6.04 Å². The molecule has 2 aromatic heterocycles. The lowest BCUT2D eigenvalue weighted by molar-refractivity contribution is -0.123. The first kappa shape index (κ1) is 23.7. The quantitative estimate of drug-likeness (QED) is 0.220. The average molecular weight is 521 g/mol. The molecule has 1 unspecified atom stereocenters. The number of ether oxygens (including phenoxy) is 1. The van der Waals surface area contributed by atoms with Gasteiger partial charge in [0.15, 0.2) is 12.4 Å². The number of H-pyrrole nitrogens is 2. The molecule has 0 aliphatic heterocycles. The minimum absolute atomic E-state index is 0.176. The maximum absolute atomic E-state index is 12.8. The number of amides is 1. The normalized spacial score (nSPS) is 11.9. The van der Waals surface area contributed by atoms with E-state index in [-0.39, 0.29) is 12.5 Å². The van der Waals surface area contributed by atoms with Crippen molar-refractivity contribution in [2.75, 3.05) is 12.3 Å². The molecule has 0 aliphatic carbocycles.